The van der Waals surface area contributed by atoms with E-state index in [1.165, 1.54) is 6.26 Å². The van der Waals surface area contributed by atoms with Crippen molar-refractivity contribution in [1.82, 2.24) is 5.32 Å². The van der Waals surface area contributed by atoms with Crippen LogP contribution >= 0.6 is 0 Å². The molecule has 0 aliphatic rings. The van der Waals surface area contributed by atoms with Gasteiger partial charge in [-0.3, -0.25) is 9.59 Å². The standard InChI is InChI=1S/C25H28N2O5/c1-3-12-30-21-11-10-19(16-23(21)31-13-4-2)24(28)26-17-18-7-5-8-20(15-18)27-25(29)22-9-6-14-32-22/h5-11,14-16H,3-4,12-13,17H2,1-2H3,(H,26,28)(H,27,29). The topological polar surface area (TPSA) is 89.8 Å². The highest BCUT2D eigenvalue weighted by molar-refractivity contribution is 6.02. The molecule has 2 aromatic carbocycles. The van der Waals surface area contributed by atoms with Crippen LogP contribution in [-0.2, 0) is 6.54 Å². The van der Waals surface area contributed by atoms with Crippen molar-refractivity contribution in [2.45, 2.75) is 33.2 Å². The molecular weight excluding hydrogens is 408 g/mol. The Labute approximate surface area is 187 Å². The fourth-order valence-electron chi connectivity index (χ4n) is 2.95. The van der Waals surface area contributed by atoms with Crippen LogP contribution in [0.2, 0.25) is 0 Å². The van der Waals surface area contributed by atoms with Gasteiger partial charge in [0.1, 0.15) is 0 Å². The molecule has 7 heteroatoms. The average Bonchev–Trinajstić information content (AvgIpc) is 3.35. The summed E-state index contributed by atoms with van der Waals surface area (Å²) in [4.78, 5) is 24.8. The molecule has 0 saturated heterocycles. The first-order valence-corrected chi connectivity index (χ1v) is 10.7. The van der Waals surface area contributed by atoms with Gasteiger partial charge in [0.05, 0.1) is 19.5 Å². The van der Waals surface area contributed by atoms with Gasteiger partial charge in [-0.05, 0) is 60.9 Å². The van der Waals surface area contributed by atoms with E-state index in [1.54, 1.807) is 42.5 Å². The largest absolute Gasteiger partial charge is 0.490 e. The summed E-state index contributed by atoms with van der Waals surface area (Å²) < 4.78 is 16.6. The van der Waals surface area contributed by atoms with Crippen molar-refractivity contribution in [3.05, 3.63) is 77.7 Å². The SMILES string of the molecule is CCCOc1ccc(C(=O)NCc2cccc(NC(=O)c3ccco3)c2)cc1OCCC. The predicted molar refractivity (Wildman–Crippen MR) is 122 cm³/mol. The third kappa shape index (κ3) is 6.38. The van der Waals surface area contributed by atoms with E-state index in [0.717, 1.165) is 18.4 Å². The molecule has 0 fully saturated rings. The number of anilines is 1. The molecule has 0 unspecified atom stereocenters. The number of carbonyl (C=O) groups is 2. The Morgan fingerprint density at radius 2 is 1.66 bits per heavy atom. The highest BCUT2D eigenvalue weighted by Gasteiger charge is 2.13. The third-order valence-corrected chi connectivity index (χ3v) is 4.51. The van der Waals surface area contributed by atoms with Crippen LogP contribution in [0.1, 0.15) is 53.2 Å². The number of hydrogen-bond acceptors (Lipinski definition) is 5. The average molecular weight is 437 g/mol. The Balaban J connectivity index is 1.63. The molecule has 0 bridgehead atoms. The second-order valence-electron chi connectivity index (χ2n) is 7.17. The quantitative estimate of drug-likeness (QED) is 0.440. The van der Waals surface area contributed by atoms with Gasteiger partial charge >= 0.3 is 0 Å². The fourth-order valence-corrected chi connectivity index (χ4v) is 2.95. The number of hydrogen-bond donors (Lipinski definition) is 2. The van der Waals surface area contributed by atoms with Gasteiger partial charge in [0.15, 0.2) is 17.3 Å². The zero-order chi connectivity index (χ0) is 22.8. The molecular formula is C25H28N2O5. The summed E-state index contributed by atoms with van der Waals surface area (Å²) in [6, 6.07) is 15.7. The number of ether oxygens (including phenoxy) is 2. The molecule has 2 N–H and O–H groups in total. The lowest BCUT2D eigenvalue weighted by molar-refractivity contribution is 0.0949. The molecule has 1 heterocycles. The molecule has 168 valence electrons. The van der Waals surface area contributed by atoms with Crippen molar-refractivity contribution in [3.8, 4) is 11.5 Å². The van der Waals surface area contributed by atoms with E-state index in [9.17, 15) is 9.59 Å². The maximum atomic E-state index is 12.7. The molecule has 3 aromatic rings. The molecule has 7 nitrogen and oxygen atoms in total. The summed E-state index contributed by atoms with van der Waals surface area (Å²) in [7, 11) is 0. The summed E-state index contributed by atoms with van der Waals surface area (Å²) in [5.41, 5.74) is 1.95. The van der Waals surface area contributed by atoms with E-state index in [4.69, 9.17) is 13.9 Å². The number of rotatable bonds is 11. The number of carbonyl (C=O) groups excluding carboxylic acids is 2. The first-order valence-electron chi connectivity index (χ1n) is 10.7. The number of benzene rings is 2. The maximum Gasteiger partial charge on any atom is 0.291 e. The van der Waals surface area contributed by atoms with Gasteiger partial charge < -0.3 is 24.5 Å². The Kier molecular flexibility index (Phi) is 8.31. The summed E-state index contributed by atoms with van der Waals surface area (Å²) >= 11 is 0. The highest BCUT2D eigenvalue weighted by atomic mass is 16.5. The van der Waals surface area contributed by atoms with E-state index in [-0.39, 0.29) is 17.6 Å². The van der Waals surface area contributed by atoms with E-state index >= 15 is 0 Å². The lowest BCUT2D eigenvalue weighted by Crippen LogP contribution is -2.23. The summed E-state index contributed by atoms with van der Waals surface area (Å²) in [5, 5.41) is 5.68. The van der Waals surface area contributed by atoms with Gasteiger partial charge in [-0.25, -0.2) is 0 Å². The molecule has 1 aromatic heterocycles. The second kappa shape index (κ2) is 11.6. The molecule has 0 saturated carbocycles. The lowest BCUT2D eigenvalue weighted by atomic mass is 10.1. The monoisotopic (exact) mass is 436 g/mol. The van der Waals surface area contributed by atoms with Crippen LogP contribution in [0.5, 0.6) is 11.5 Å². The van der Waals surface area contributed by atoms with Crippen LogP contribution in [0.3, 0.4) is 0 Å². The van der Waals surface area contributed by atoms with Crippen LogP contribution in [0.25, 0.3) is 0 Å². The molecule has 0 atom stereocenters. The minimum atomic E-state index is -0.332. The molecule has 0 spiro atoms. The molecule has 2 amide bonds. The Hall–Kier alpha value is -3.74. The first-order chi connectivity index (χ1) is 15.6. The highest BCUT2D eigenvalue weighted by Crippen LogP contribution is 2.29. The van der Waals surface area contributed by atoms with Crippen molar-refractivity contribution in [2.24, 2.45) is 0 Å². The number of nitrogens with one attached hydrogen (secondary N) is 2. The minimum absolute atomic E-state index is 0.224. The number of amides is 2. The Morgan fingerprint density at radius 1 is 0.875 bits per heavy atom. The van der Waals surface area contributed by atoms with Crippen LogP contribution in [-0.4, -0.2) is 25.0 Å². The van der Waals surface area contributed by atoms with Crippen LogP contribution in [0.4, 0.5) is 5.69 Å². The van der Waals surface area contributed by atoms with Gasteiger partial charge in [-0.15, -0.1) is 0 Å². The van der Waals surface area contributed by atoms with Gasteiger partial charge in [0.2, 0.25) is 0 Å². The zero-order valence-corrected chi connectivity index (χ0v) is 18.4. The Bertz CT molecular complexity index is 1030. The molecule has 3 rings (SSSR count). The molecule has 0 aliphatic heterocycles. The van der Waals surface area contributed by atoms with E-state index in [2.05, 4.69) is 10.6 Å². The van der Waals surface area contributed by atoms with E-state index < -0.39 is 0 Å². The van der Waals surface area contributed by atoms with Crippen molar-refractivity contribution < 1.29 is 23.5 Å². The predicted octanol–water partition coefficient (Wildman–Crippen LogP) is 5.04. The molecule has 0 radical (unpaired) electrons. The van der Waals surface area contributed by atoms with Crippen molar-refractivity contribution >= 4 is 17.5 Å². The first kappa shape index (κ1) is 22.9. The van der Waals surface area contributed by atoms with Crippen LogP contribution in [0.15, 0.2) is 65.3 Å². The smallest absolute Gasteiger partial charge is 0.291 e. The van der Waals surface area contributed by atoms with E-state index in [0.29, 0.717) is 42.5 Å². The summed E-state index contributed by atoms with van der Waals surface area (Å²) in [5.74, 6) is 0.878. The number of furan rings is 1. The zero-order valence-electron chi connectivity index (χ0n) is 18.4. The van der Waals surface area contributed by atoms with Crippen LogP contribution in [0, 0.1) is 0 Å². The van der Waals surface area contributed by atoms with Gasteiger partial charge in [0, 0.05) is 17.8 Å². The molecule has 32 heavy (non-hydrogen) atoms. The molecule has 0 aliphatic carbocycles. The second-order valence-corrected chi connectivity index (χ2v) is 7.17. The minimum Gasteiger partial charge on any atom is -0.490 e. The van der Waals surface area contributed by atoms with Gasteiger partial charge in [-0.2, -0.15) is 0 Å². The van der Waals surface area contributed by atoms with Crippen molar-refractivity contribution in [3.63, 3.8) is 0 Å². The van der Waals surface area contributed by atoms with Crippen molar-refractivity contribution in [1.29, 1.82) is 0 Å². The van der Waals surface area contributed by atoms with Crippen LogP contribution < -0.4 is 20.1 Å². The lowest BCUT2D eigenvalue weighted by Gasteiger charge is -2.14. The fraction of sp³-hybridized carbons (Fsp3) is 0.280. The summed E-state index contributed by atoms with van der Waals surface area (Å²) in [6.45, 7) is 5.49. The van der Waals surface area contributed by atoms with E-state index in [1.807, 2.05) is 26.0 Å². The summed E-state index contributed by atoms with van der Waals surface area (Å²) in [6.07, 6.45) is 3.19. The van der Waals surface area contributed by atoms with Crippen molar-refractivity contribution in [2.75, 3.05) is 18.5 Å². The third-order valence-electron chi connectivity index (χ3n) is 4.51. The normalized spacial score (nSPS) is 10.4. The van der Waals surface area contributed by atoms with Gasteiger partial charge in [-0.1, -0.05) is 26.0 Å². The Morgan fingerprint density at radius 3 is 2.38 bits per heavy atom. The van der Waals surface area contributed by atoms with Gasteiger partial charge in [0.25, 0.3) is 11.8 Å². The maximum absolute atomic E-state index is 12.7.